The van der Waals surface area contributed by atoms with Crippen LogP contribution in [0.15, 0.2) is 0 Å². The van der Waals surface area contributed by atoms with E-state index in [4.69, 9.17) is 0 Å². The Balaban J connectivity index is 3.20. The minimum Gasteiger partial charge on any atom is -0.303 e. The van der Waals surface area contributed by atoms with E-state index < -0.39 is 0 Å². The lowest BCUT2D eigenvalue weighted by Gasteiger charge is -2.02. The summed E-state index contributed by atoms with van der Waals surface area (Å²) in [7, 11) is 0. The molecule has 0 heterocycles. The Kier molecular flexibility index (Phi) is 5.59. The Bertz CT molecular complexity index is 69.0. The molecule has 0 amide bonds. The fourth-order valence-electron chi connectivity index (χ4n) is 0.723. The van der Waals surface area contributed by atoms with Crippen molar-refractivity contribution < 1.29 is 4.79 Å². The molecule has 0 saturated carbocycles. The summed E-state index contributed by atoms with van der Waals surface area (Å²) in [4.78, 5) is 10.2. The number of rotatable bonds is 5. The van der Waals surface area contributed by atoms with E-state index in [1.165, 1.54) is 6.42 Å². The van der Waals surface area contributed by atoms with Crippen LogP contribution in [0.2, 0.25) is 0 Å². The zero-order chi connectivity index (χ0) is 7.11. The van der Waals surface area contributed by atoms with Crippen molar-refractivity contribution in [1.29, 1.82) is 0 Å². The van der Waals surface area contributed by atoms with Crippen LogP contribution in [-0.4, -0.2) is 6.29 Å². The largest absolute Gasteiger partial charge is 0.303 e. The first-order chi connectivity index (χ1) is 4.35. The summed E-state index contributed by atoms with van der Waals surface area (Å²) in [6, 6.07) is 0. The third-order valence-electron chi connectivity index (χ3n) is 1.47. The SMILES string of the molecule is CCCC[C](C=O)CC. The topological polar surface area (TPSA) is 17.1 Å². The first kappa shape index (κ1) is 8.67. The molecule has 1 nitrogen and oxygen atoms in total. The van der Waals surface area contributed by atoms with Crippen molar-refractivity contribution in [2.24, 2.45) is 0 Å². The van der Waals surface area contributed by atoms with Crippen molar-refractivity contribution in [3.8, 4) is 0 Å². The van der Waals surface area contributed by atoms with Gasteiger partial charge in [0.25, 0.3) is 0 Å². The van der Waals surface area contributed by atoms with Crippen LogP contribution in [0.4, 0.5) is 0 Å². The number of hydrogen-bond donors (Lipinski definition) is 0. The highest BCUT2D eigenvalue weighted by molar-refractivity contribution is 5.68. The molecule has 0 atom stereocenters. The van der Waals surface area contributed by atoms with Crippen molar-refractivity contribution in [1.82, 2.24) is 0 Å². The summed E-state index contributed by atoms with van der Waals surface area (Å²) in [5, 5.41) is 0. The predicted octanol–water partition coefficient (Wildman–Crippen LogP) is 2.36. The van der Waals surface area contributed by atoms with Crippen molar-refractivity contribution in [2.75, 3.05) is 0 Å². The maximum Gasteiger partial charge on any atom is 0.127 e. The quantitative estimate of drug-likeness (QED) is 0.518. The maximum atomic E-state index is 10.2. The Morgan fingerprint density at radius 3 is 2.44 bits per heavy atom. The van der Waals surface area contributed by atoms with Gasteiger partial charge >= 0.3 is 0 Å². The number of unbranched alkanes of at least 4 members (excludes halogenated alkanes) is 1. The van der Waals surface area contributed by atoms with Gasteiger partial charge in [0.2, 0.25) is 0 Å². The fraction of sp³-hybridized carbons (Fsp3) is 0.750. The molecule has 0 rings (SSSR count). The Morgan fingerprint density at radius 2 is 2.11 bits per heavy atom. The van der Waals surface area contributed by atoms with Gasteiger partial charge in [-0.2, -0.15) is 0 Å². The molecule has 0 aromatic heterocycles. The van der Waals surface area contributed by atoms with Gasteiger partial charge in [-0.05, 0) is 12.8 Å². The molecule has 0 aliphatic rings. The molecule has 0 aliphatic heterocycles. The molecule has 53 valence electrons. The summed E-state index contributed by atoms with van der Waals surface area (Å²) >= 11 is 0. The summed E-state index contributed by atoms with van der Waals surface area (Å²) in [6.45, 7) is 4.16. The molecule has 0 fully saturated rings. The number of aldehydes is 1. The van der Waals surface area contributed by atoms with Crippen molar-refractivity contribution in [2.45, 2.75) is 39.5 Å². The van der Waals surface area contributed by atoms with E-state index in [0.29, 0.717) is 0 Å². The molecule has 9 heavy (non-hydrogen) atoms. The van der Waals surface area contributed by atoms with Gasteiger partial charge < -0.3 is 4.79 Å². The van der Waals surface area contributed by atoms with Crippen molar-refractivity contribution in [3.63, 3.8) is 0 Å². The van der Waals surface area contributed by atoms with Gasteiger partial charge in [0.15, 0.2) is 0 Å². The number of carbonyl (C=O) groups excluding carboxylic acids is 1. The zero-order valence-electron chi connectivity index (χ0n) is 6.31. The van der Waals surface area contributed by atoms with Gasteiger partial charge in [0, 0.05) is 5.92 Å². The Hall–Kier alpha value is -0.330. The van der Waals surface area contributed by atoms with Crippen LogP contribution in [0.1, 0.15) is 39.5 Å². The molecule has 0 aliphatic carbocycles. The van der Waals surface area contributed by atoms with Gasteiger partial charge in [-0.1, -0.05) is 26.7 Å². The van der Waals surface area contributed by atoms with E-state index in [2.05, 4.69) is 6.92 Å². The summed E-state index contributed by atoms with van der Waals surface area (Å²) in [6.07, 6.45) is 5.24. The van der Waals surface area contributed by atoms with Crippen LogP contribution >= 0.6 is 0 Å². The van der Waals surface area contributed by atoms with Gasteiger partial charge in [0.1, 0.15) is 6.29 Å². The molecule has 0 bridgehead atoms. The Morgan fingerprint density at radius 1 is 1.44 bits per heavy atom. The highest BCUT2D eigenvalue weighted by Gasteiger charge is 2.02. The zero-order valence-corrected chi connectivity index (χ0v) is 6.31. The third kappa shape index (κ3) is 4.19. The second-order valence-electron chi connectivity index (χ2n) is 2.23. The lowest BCUT2D eigenvalue weighted by Crippen LogP contribution is -1.95. The predicted molar refractivity (Wildman–Crippen MR) is 39.1 cm³/mol. The van der Waals surface area contributed by atoms with E-state index in [9.17, 15) is 4.79 Å². The normalized spacial score (nSPS) is 10.1. The van der Waals surface area contributed by atoms with Crippen molar-refractivity contribution in [3.05, 3.63) is 5.92 Å². The van der Waals surface area contributed by atoms with Gasteiger partial charge in [-0.25, -0.2) is 0 Å². The molecule has 0 aromatic rings. The van der Waals surface area contributed by atoms with E-state index in [1.54, 1.807) is 0 Å². The van der Waals surface area contributed by atoms with E-state index in [1.807, 2.05) is 6.92 Å². The monoisotopic (exact) mass is 127 g/mol. The third-order valence-corrected chi connectivity index (χ3v) is 1.47. The highest BCUT2D eigenvalue weighted by Crippen LogP contribution is 2.10. The lowest BCUT2D eigenvalue weighted by atomic mass is 10.0. The first-order valence-corrected chi connectivity index (χ1v) is 3.65. The molecule has 0 unspecified atom stereocenters. The Labute approximate surface area is 57.5 Å². The standard InChI is InChI=1S/C8H15O/c1-3-5-6-8(4-2)7-9/h7H,3-6H2,1-2H3. The van der Waals surface area contributed by atoms with Crippen molar-refractivity contribution >= 4 is 6.29 Å². The minimum absolute atomic E-state index is 0.920. The molecule has 1 heteroatoms. The second-order valence-corrected chi connectivity index (χ2v) is 2.23. The maximum absolute atomic E-state index is 10.2. The smallest absolute Gasteiger partial charge is 0.127 e. The van der Waals surface area contributed by atoms with E-state index in [0.717, 1.165) is 31.5 Å². The molecular weight excluding hydrogens is 112 g/mol. The first-order valence-electron chi connectivity index (χ1n) is 3.65. The second kappa shape index (κ2) is 5.80. The van der Waals surface area contributed by atoms with Gasteiger partial charge in [-0.15, -0.1) is 0 Å². The lowest BCUT2D eigenvalue weighted by molar-refractivity contribution is -0.106. The van der Waals surface area contributed by atoms with E-state index in [-0.39, 0.29) is 0 Å². The summed E-state index contributed by atoms with van der Waals surface area (Å²) in [5.74, 6) is 1.05. The highest BCUT2D eigenvalue weighted by atomic mass is 16.1. The summed E-state index contributed by atoms with van der Waals surface area (Å²) < 4.78 is 0. The minimum atomic E-state index is 0.920. The summed E-state index contributed by atoms with van der Waals surface area (Å²) in [5.41, 5.74) is 0. The van der Waals surface area contributed by atoms with Crippen LogP contribution in [0.25, 0.3) is 0 Å². The van der Waals surface area contributed by atoms with Gasteiger partial charge in [-0.3, -0.25) is 0 Å². The molecular formula is C8H15O. The van der Waals surface area contributed by atoms with E-state index >= 15 is 0 Å². The average molecular weight is 127 g/mol. The molecule has 0 N–H and O–H groups in total. The fourth-order valence-corrected chi connectivity index (χ4v) is 0.723. The molecule has 0 spiro atoms. The molecule has 0 saturated heterocycles. The average Bonchev–Trinajstić information content (AvgIpc) is 1.91. The van der Waals surface area contributed by atoms with Crippen LogP contribution in [-0.2, 0) is 4.79 Å². The molecule has 0 aromatic carbocycles. The van der Waals surface area contributed by atoms with Gasteiger partial charge in [0.05, 0.1) is 0 Å². The van der Waals surface area contributed by atoms with Crippen LogP contribution < -0.4 is 0 Å². The number of hydrogen-bond acceptors (Lipinski definition) is 1. The molecule has 1 radical (unpaired) electrons. The number of carbonyl (C=O) groups is 1. The van der Waals surface area contributed by atoms with Crippen LogP contribution in [0.3, 0.4) is 0 Å². The van der Waals surface area contributed by atoms with Crippen LogP contribution in [0.5, 0.6) is 0 Å². The van der Waals surface area contributed by atoms with Crippen LogP contribution in [0, 0.1) is 5.92 Å².